The van der Waals surface area contributed by atoms with Gasteiger partial charge in [0.2, 0.25) is 6.10 Å². The van der Waals surface area contributed by atoms with Gasteiger partial charge in [0.05, 0.1) is 0 Å². The summed E-state index contributed by atoms with van der Waals surface area (Å²) in [5, 5.41) is 4.45. The van der Waals surface area contributed by atoms with Gasteiger partial charge in [-0.15, -0.1) is 0 Å². The summed E-state index contributed by atoms with van der Waals surface area (Å²) < 4.78 is 6.80. The largest absolute Gasteiger partial charge is 0.446 e. The van der Waals surface area contributed by atoms with E-state index in [-0.39, 0.29) is 11.4 Å². The Morgan fingerprint density at radius 1 is 1.07 bits per heavy atom. The monoisotopic (exact) mass is 396 g/mol. The molecule has 1 N–H and O–H groups in total. The molecular weight excluding hydrogens is 376 g/mol. The van der Waals surface area contributed by atoms with E-state index < -0.39 is 18.0 Å². The number of aromatic nitrogens is 1. The van der Waals surface area contributed by atoms with Crippen molar-refractivity contribution in [2.45, 2.75) is 26.5 Å². The molecule has 6 nitrogen and oxygen atoms in total. The molecule has 1 heterocycles. The molecule has 3 rings (SSSR count). The fourth-order valence-electron chi connectivity index (χ4n) is 2.64. The lowest BCUT2D eigenvalue weighted by molar-refractivity contribution is -0.155. The van der Waals surface area contributed by atoms with Crippen LogP contribution in [0.15, 0.2) is 64.8 Å². The van der Waals surface area contributed by atoms with Gasteiger partial charge in [-0.25, -0.2) is 0 Å². The number of thiazole rings is 1. The van der Waals surface area contributed by atoms with E-state index in [4.69, 9.17) is 4.74 Å². The van der Waals surface area contributed by atoms with Crippen molar-refractivity contribution in [2.24, 2.45) is 0 Å². The van der Waals surface area contributed by atoms with Gasteiger partial charge in [-0.3, -0.25) is 19.0 Å². The summed E-state index contributed by atoms with van der Waals surface area (Å²) in [4.78, 5) is 36.8. The molecule has 0 radical (unpaired) electrons. The Labute approximate surface area is 166 Å². The van der Waals surface area contributed by atoms with E-state index in [2.05, 4.69) is 5.32 Å². The summed E-state index contributed by atoms with van der Waals surface area (Å²) in [5.74, 6) is -1.12. The highest BCUT2D eigenvalue weighted by molar-refractivity contribution is 7.07. The fourth-order valence-corrected chi connectivity index (χ4v) is 3.37. The second-order valence-electron chi connectivity index (χ2n) is 6.36. The van der Waals surface area contributed by atoms with Crippen molar-refractivity contribution < 1.29 is 14.3 Å². The number of nitrogens with one attached hydrogen (secondary N) is 1. The molecule has 7 heteroatoms. The van der Waals surface area contributed by atoms with Crippen LogP contribution in [0, 0.1) is 13.8 Å². The molecule has 0 bridgehead atoms. The first-order chi connectivity index (χ1) is 13.4. The summed E-state index contributed by atoms with van der Waals surface area (Å²) >= 11 is 1.02. The fraction of sp³-hybridized carbons (Fsp3) is 0.190. The number of hydrogen-bond donors (Lipinski definition) is 1. The van der Waals surface area contributed by atoms with Crippen molar-refractivity contribution >= 4 is 28.9 Å². The number of anilines is 1. The van der Waals surface area contributed by atoms with Gasteiger partial charge >= 0.3 is 10.8 Å². The highest BCUT2D eigenvalue weighted by atomic mass is 32.1. The predicted molar refractivity (Wildman–Crippen MR) is 108 cm³/mol. The molecule has 1 atom stereocenters. The molecular formula is C21H20N2O4S. The van der Waals surface area contributed by atoms with E-state index in [9.17, 15) is 14.4 Å². The van der Waals surface area contributed by atoms with Crippen LogP contribution in [0.25, 0.3) is 0 Å². The van der Waals surface area contributed by atoms with Crippen molar-refractivity contribution in [3.8, 4) is 0 Å². The number of ether oxygens (including phenoxy) is 1. The lowest BCUT2D eigenvalue weighted by Gasteiger charge is -2.18. The minimum atomic E-state index is -1.12. The lowest BCUT2D eigenvalue weighted by Crippen LogP contribution is -2.29. The highest BCUT2D eigenvalue weighted by Crippen LogP contribution is 2.21. The van der Waals surface area contributed by atoms with Crippen molar-refractivity contribution in [2.75, 3.05) is 5.32 Å². The van der Waals surface area contributed by atoms with Crippen molar-refractivity contribution in [3.63, 3.8) is 0 Å². The van der Waals surface area contributed by atoms with E-state index in [0.29, 0.717) is 16.9 Å². The number of carbonyl (C=O) groups excluding carboxylic acids is 2. The number of aryl methyl sites for hydroxylation is 2. The van der Waals surface area contributed by atoms with Gasteiger partial charge in [-0.1, -0.05) is 59.4 Å². The van der Waals surface area contributed by atoms with E-state index >= 15 is 0 Å². The highest BCUT2D eigenvalue weighted by Gasteiger charge is 2.25. The summed E-state index contributed by atoms with van der Waals surface area (Å²) in [6.45, 7) is 3.45. The smallest absolute Gasteiger partial charge is 0.327 e. The first-order valence-electron chi connectivity index (χ1n) is 8.71. The van der Waals surface area contributed by atoms with Gasteiger partial charge in [0, 0.05) is 22.3 Å². The first kappa shape index (κ1) is 19.6. The average molecular weight is 396 g/mol. The summed E-state index contributed by atoms with van der Waals surface area (Å²) in [5.41, 5.74) is 2.90. The standard InChI is InChI=1S/C21H20N2O4S/c1-14-8-10-17(11-9-14)22-20(25)19(16-6-4-3-5-7-16)27-18(24)12-23-15(2)13-28-21(23)26/h3-11,13,19H,12H2,1-2H3,(H,22,25). The molecule has 2 aromatic carbocycles. The summed E-state index contributed by atoms with van der Waals surface area (Å²) in [6, 6.07) is 16.1. The molecule has 3 aromatic rings. The average Bonchev–Trinajstić information content (AvgIpc) is 3.00. The van der Waals surface area contributed by atoms with E-state index in [1.165, 1.54) is 4.57 Å². The number of nitrogens with zero attached hydrogens (tertiary/aromatic N) is 1. The van der Waals surface area contributed by atoms with Crippen LogP contribution >= 0.6 is 11.3 Å². The molecule has 28 heavy (non-hydrogen) atoms. The van der Waals surface area contributed by atoms with Crippen molar-refractivity contribution in [3.05, 3.63) is 86.5 Å². The Morgan fingerprint density at radius 2 is 1.75 bits per heavy atom. The lowest BCUT2D eigenvalue weighted by atomic mass is 10.1. The second kappa shape index (κ2) is 8.67. The molecule has 0 fully saturated rings. The van der Waals surface area contributed by atoms with Crippen LogP contribution in [-0.2, 0) is 20.9 Å². The number of benzene rings is 2. The van der Waals surface area contributed by atoms with Gasteiger partial charge in [0.1, 0.15) is 6.54 Å². The zero-order chi connectivity index (χ0) is 20.1. The molecule has 0 spiro atoms. The normalized spacial score (nSPS) is 11.6. The number of esters is 1. The molecule has 0 saturated heterocycles. The second-order valence-corrected chi connectivity index (χ2v) is 7.19. The van der Waals surface area contributed by atoms with Crippen LogP contribution < -0.4 is 10.2 Å². The van der Waals surface area contributed by atoms with Crippen LogP contribution in [0.5, 0.6) is 0 Å². The molecule has 0 saturated carbocycles. The SMILES string of the molecule is Cc1ccc(NC(=O)C(OC(=O)Cn2c(C)csc2=O)c2ccccc2)cc1. The minimum absolute atomic E-state index is 0.241. The van der Waals surface area contributed by atoms with Gasteiger partial charge in [0.25, 0.3) is 5.91 Å². The van der Waals surface area contributed by atoms with Gasteiger partial charge in [-0.2, -0.15) is 0 Å². The Bertz CT molecular complexity index is 1020. The Hall–Kier alpha value is -3.19. The quantitative estimate of drug-likeness (QED) is 0.648. The third-order valence-corrected chi connectivity index (χ3v) is 5.05. The number of rotatable bonds is 6. The first-order valence-corrected chi connectivity index (χ1v) is 9.59. The molecule has 144 valence electrons. The summed E-state index contributed by atoms with van der Waals surface area (Å²) in [7, 11) is 0. The van der Waals surface area contributed by atoms with Gasteiger partial charge < -0.3 is 10.1 Å². The zero-order valence-electron chi connectivity index (χ0n) is 15.5. The van der Waals surface area contributed by atoms with Crippen LogP contribution in [0.1, 0.15) is 22.9 Å². The van der Waals surface area contributed by atoms with Crippen molar-refractivity contribution in [1.82, 2.24) is 4.57 Å². The Kier molecular flexibility index (Phi) is 6.06. The van der Waals surface area contributed by atoms with E-state index in [0.717, 1.165) is 16.9 Å². The van der Waals surface area contributed by atoms with Crippen molar-refractivity contribution in [1.29, 1.82) is 0 Å². The van der Waals surface area contributed by atoms with E-state index in [1.807, 2.05) is 25.1 Å². The van der Waals surface area contributed by atoms with Crippen LogP contribution in [0.2, 0.25) is 0 Å². The summed E-state index contributed by atoms with van der Waals surface area (Å²) in [6.07, 6.45) is -1.12. The third-order valence-electron chi connectivity index (χ3n) is 4.17. The zero-order valence-corrected chi connectivity index (χ0v) is 16.4. The number of amides is 1. The van der Waals surface area contributed by atoms with Crippen LogP contribution in [0.3, 0.4) is 0 Å². The maximum atomic E-state index is 12.8. The maximum Gasteiger partial charge on any atom is 0.327 e. The third kappa shape index (κ3) is 4.75. The molecule has 1 aromatic heterocycles. The van der Waals surface area contributed by atoms with Crippen LogP contribution in [-0.4, -0.2) is 16.4 Å². The van der Waals surface area contributed by atoms with Gasteiger partial charge in [-0.05, 0) is 26.0 Å². The topological polar surface area (TPSA) is 77.4 Å². The van der Waals surface area contributed by atoms with E-state index in [1.54, 1.807) is 48.7 Å². The minimum Gasteiger partial charge on any atom is -0.446 e. The molecule has 1 unspecified atom stereocenters. The molecule has 0 aliphatic heterocycles. The predicted octanol–water partition coefficient (Wildman–Crippen LogP) is 3.45. The van der Waals surface area contributed by atoms with Gasteiger partial charge in [0.15, 0.2) is 0 Å². The van der Waals surface area contributed by atoms with Crippen LogP contribution in [0.4, 0.5) is 5.69 Å². The number of carbonyl (C=O) groups is 2. The Balaban J connectivity index is 1.79. The Morgan fingerprint density at radius 3 is 2.36 bits per heavy atom. The molecule has 0 aliphatic rings. The molecule has 0 aliphatic carbocycles. The number of hydrogen-bond acceptors (Lipinski definition) is 5. The maximum absolute atomic E-state index is 12.8. The molecule has 1 amide bonds.